The Balaban J connectivity index is 1.92. The van der Waals surface area contributed by atoms with Crippen molar-refractivity contribution in [2.45, 2.75) is 46.1 Å². The molecule has 2 saturated carbocycles. The number of anilines is 1. The van der Waals surface area contributed by atoms with Gasteiger partial charge in [-0.05, 0) is 54.2 Å². The summed E-state index contributed by atoms with van der Waals surface area (Å²) in [4.78, 5) is 0. The Morgan fingerprint density at radius 3 is 2.68 bits per heavy atom. The van der Waals surface area contributed by atoms with Crippen molar-refractivity contribution >= 4 is 17.3 Å². The second-order valence-electron chi connectivity index (χ2n) is 7.12. The van der Waals surface area contributed by atoms with Crippen molar-refractivity contribution in [3.05, 3.63) is 29.0 Å². The Hall–Kier alpha value is -0.760. The molecule has 0 radical (unpaired) electrons. The van der Waals surface area contributed by atoms with Crippen LogP contribution in [-0.4, -0.2) is 6.04 Å². The van der Waals surface area contributed by atoms with Gasteiger partial charge >= 0.3 is 0 Å². The van der Waals surface area contributed by atoms with E-state index in [9.17, 15) is 4.39 Å². The van der Waals surface area contributed by atoms with Gasteiger partial charge in [0.05, 0.1) is 10.7 Å². The summed E-state index contributed by atoms with van der Waals surface area (Å²) >= 11 is 6.19. The molecule has 0 heterocycles. The fourth-order valence-electron chi connectivity index (χ4n) is 4.43. The van der Waals surface area contributed by atoms with Crippen LogP contribution in [0.2, 0.25) is 5.02 Å². The molecule has 3 atom stereocenters. The molecule has 2 bridgehead atoms. The van der Waals surface area contributed by atoms with Gasteiger partial charge < -0.3 is 5.32 Å². The molecule has 3 rings (SSSR count). The van der Waals surface area contributed by atoms with Crippen LogP contribution in [0.4, 0.5) is 10.1 Å². The van der Waals surface area contributed by atoms with Crippen LogP contribution >= 0.6 is 11.6 Å². The standard InChI is InChI=1S/C16H21ClFN/c1-15(2)10-6-7-16(3,9-10)14(15)19-13-8-11(18)4-5-12(13)17/h4-5,8,10,14,19H,6-7,9H2,1-3H3/t10-,14?,16+/m0/s1. The van der Waals surface area contributed by atoms with E-state index < -0.39 is 0 Å². The minimum absolute atomic E-state index is 0.238. The van der Waals surface area contributed by atoms with Crippen LogP contribution in [0.15, 0.2) is 18.2 Å². The minimum atomic E-state index is -0.238. The van der Waals surface area contributed by atoms with Gasteiger partial charge in [0.1, 0.15) is 5.82 Å². The van der Waals surface area contributed by atoms with Crippen molar-refractivity contribution in [2.24, 2.45) is 16.7 Å². The van der Waals surface area contributed by atoms with E-state index in [2.05, 4.69) is 26.1 Å². The summed E-state index contributed by atoms with van der Waals surface area (Å²) in [5.41, 5.74) is 1.28. The summed E-state index contributed by atoms with van der Waals surface area (Å²) in [5, 5.41) is 4.14. The topological polar surface area (TPSA) is 12.0 Å². The molecule has 0 spiro atoms. The molecule has 1 aromatic carbocycles. The number of fused-ring (bicyclic) bond motifs is 2. The lowest BCUT2D eigenvalue weighted by Gasteiger charge is -2.43. The number of nitrogens with one attached hydrogen (secondary N) is 1. The first-order valence-electron chi connectivity index (χ1n) is 7.04. The highest BCUT2D eigenvalue weighted by Gasteiger charge is 2.59. The van der Waals surface area contributed by atoms with Crippen molar-refractivity contribution in [3.63, 3.8) is 0 Å². The van der Waals surface area contributed by atoms with Gasteiger partial charge in [0, 0.05) is 6.04 Å². The smallest absolute Gasteiger partial charge is 0.125 e. The third-order valence-corrected chi connectivity index (χ3v) is 5.83. The fourth-order valence-corrected chi connectivity index (χ4v) is 4.60. The van der Waals surface area contributed by atoms with Crippen molar-refractivity contribution in [3.8, 4) is 0 Å². The number of benzene rings is 1. The van der Waals surface area contributed by atoms with Gasteiger partial charge in [-0.2, -0.15) is 0 Å². The molecule has 19 heavy (non-hydrogen) atoms. The highest BCUT2D eigenvalue weighted by atomic mass is 35.5. The van der Waals surface area contributed by atoms with Crippen LogP contribution in [0.5, 0.6) is 0 Å². The second-order valence-corrected chi connectivity index (χ2v) is 7.52. The minimum Gasteiger partial charge on any atom is -0.380 e. The Morgan fingerprint density at radius 2 is 2.05 bits per heavy atom. The van der Waals surface area contributed by atoms with E-state index in [0.29, 0.717) is 16.5 Å². The highest BCUT2D eigenvalue weighted by Crippen LogP contribution is 2.63. The van der Waals surface area contributed by atoms with Crippen molar-refractivity contribution in [1.82, 2.24) is 0 Å². The summed E-state index contributed by atoms with van der Waals surface area (Å²) < 4.78 is 13.4. The fraction of sp³-hybridized carbons (Fsp3) is 0.625. The zero-order chi connectivity index (χ0) is 13.8. The van der Waals surface area contributed by atoms with Gasteiger partial charge in [-0.15, -0.1) is 0 Å². The molecular formula is C16H21ClFN. The lowest BCUT2D eigenvalue weighted by molar-refractivity contribution is 0.155. The maximum absolute atomic E-state index is 13.4. The average Bonchev–Trinajstić information content (AvgIpc) is 2.80. The van der Waals surface area contributed by atoms with Crippen LogP contribution in [0.3, 0.4) is 0 Å². The molecule has 1 N–H and O–H groups in total. The van der Waals surface area contributed by atoms with E-state index in [-0.39, 0.29) is 11.2 Å². The average molecular weight is 282 g/mol. The maximum atomic E-state index is 13.4. The molecule has 2 aliphatic carbocycles. The number of rotatable bonds is 2. The number of hydrogen-bond donors (Lipinski definition) is 1. The van der Waals surface area contributed by atoms with E-state index in [0.717, 1.165) is 11.6 Å². The molecule has 0 aliphatic heterocycles. The molecule has 0 aromatic heterocycles. The first-order chi connectivity index (χ1) is 8.83. The zero-order valence-electron chi connectivity index (χ0n) is 11.8. The Labute approximate surface area is 119 Å². The predicted octanol–water partition coefficient (Wildman–Crippen LogP) is 5.11. The van der Waals surface area contributed by atoms with E-state index in [1.807, 2.05) is 0 Å². The monoisotopic (exact) mass is 281 g/mol. The molecule has 2 fully saturated rings. The van der Waals surface area contributed by atoms with Crippen LogP contribution in [-0.2, 0) is 0 Å². The van der Waals surface area contributed by atoms with Crippen LogP contribution < -0.4 is 5.32 Å². The van der Waals surface area contributed by atoms with Crippen LogP contribution in [0.25, 0.3) is 0 Å². The molecule has 3 heteroatoms. The van der Waals surface area contributed by atoms with Crippen LogP contribution in [0, 0.1) is 22.6 Å². The van der Waals surface area contributed by atoms with Gasteiger partial charge in [0.15, 0.2) is 0 Å². The molecule has 1 nitrogen and oxygen atoms in total. The molecule has 0 saturated heterocycles. The SMILES string of the molecule is CC1(C)C(Nc2cc(F)ccc2Cl)[C@]2(C)CC[C@H]1C2. The van der Waals surface area contributed by atoms with Crippen LogP contribution in [0.1, 0.15) is 40.0 Å². The quantitative estimate of drug-likeness (QED) is 0.795. The van der Waals surface area contributed by atoms with Gasteiger partial charge in [0.25, 0.3) is 0 Å². The first-order valence-corrected chi connectivity index (χ1v) is 7.42. The number of halogens is 2. The molecule has 0 amide bonds. The summed E-state index contributed by atoms with van der Waals surface area (Å²) in [6.07, 6.45) is 3.84. The Morgan fingerprint density at radius 1 is 1.32 bits per heavy atom. The third kappa shape index (κ3) is 1.96. The first kappa shape index (κ1) is 13.2. The molecule has 104 valence electrons. The van der Waals surface area contributed by atoms with Gasteiger partial charge in [-0.25, -0.2) is 4.39 Å². The lowest BCUT2D eigenvalue weighted by Crippen LogP contribution is -2.45. The van der Waals surface area contributed by atoms with E-state index in [1.54, 1.807) is 6.07 Å². The van der Waals surface area contributed by atoms with E-state index >= 15 is 0 Å². The third-order valence-electron chi connectivity index (χ3n) is 5.50. The highest BCUT2D eigenvalue weighted by molar-refractivity contribution is 6.33. The summed E-state index contributed by atoms with van der Waals surface area (Å²) in [6, 6.07) is 4.90. The van der Waals surface area contributed by atoms with E-state index in [1.165, 1.54) is 31.4 Å². The van der Waals surface area contributed by atoms with Crippen molar-refractivity contribution in [1.29, 1.82) is 0 Å². The molecular weight excluding hydrogens is 261 g/mol. The Bertz CT molecular complexity index is 509. The predicted molar refractivity (Wildman–Crippen MR) is 78.0 cm³/mol. The van der Waals surface area contributed by atoms with Crippen molar-refractivity contribution < 1.29 is 4.39 Å². The van der Waals surface area contributed by atoms with Crippen molar-refractivity contribution in [2.75, 3.05) is 5.32 Å². The summed E-state index contributed by atoms with van der Waals surface area (Å²) in [7, 11) is 0. The van der Waals surface area contributed by atoms with E-state index in [4.69, 9.17) is 11.6 Å². The van der Waals surface area contributed by atoms with Gasteiger partial charge in [-0.3, -0.25) is 0 Å². The zero-order valence-corrected chi connectivity index (χ0v) is 12.5. The normalized spacial score (nSPS) is 35.6. The number of hydrogen-bond acceptors (Lipinski definition) is 1. The van der Waals surface area contributed by atoms with Gasteiger partial charge in [0.2, 0.25) is 0 Å². The summed E-state index contributed by atoms with van der Waals surface area (Å²) in [6.45, 7) is 7.01. The second kappa shape index (κ2) is 4.12. The lowest BCUT2D eigenvalue weighted by atomic mass is 9.68. The Kier molecular flexibility index (Phi) is 2.87. The summed E-state index contributed by atoms with van der Waals surface area (Å²) in [5.74, 6) is 0.528. The molecule has 2 aliphatic rings. The van der Waals surface area contributed by atoms with Gasteiger partial charge in [-0.1, -0.05) is 32.4 Å². The molecule has 1 aromatic rings. The maximum Gasteiger partial charge on any atom is 0.125 e. The largest absolute Gasteiger partial charge is 0.380 e. The molecule has 1 unspecified atom stereocenters.